The van der Waals surface area contributed by atoms with E-state index >= 15 is 0 Å². The first-order chi connectivity index (χ1) is 8.58. The van der Waals surface area contributed by atoms with E-state index < -0.39 is 17.7 Å². The van der Waals surface area contributed by atoms with Crippen LogP contribution in [0.3, 0.4) is 0 Å². The minimum absolute atomic E-state index is 0.189. The van der Waals surface area contributed by atoms with E-state index in [2.05, 4.69) is 6.07 Å². The van der Waals surface area contributed by atoms with E-state index in [1.165, 1.54) is 17.0 Å². The van der Waals surface area contributed by atoms with Crippen molar-refractivity contribution in [2.75, 3.05) is 13.1 Å². The van der Waals surface area contributed by atoms with E-state index in [9.17, 15) is 14.0 Å². The Morgan fingerprint density at radius 1 is 1.50 bits per heavy atom. The van der Waals surface area contributed by atoms with Gasteiger partial charge in [-0.1, -0.05) is 6.07 Å². The van der Waals surface area contributed by atoms with Gasteiger partial charge in [0, 0.05) is 24.7 Å². The predicted molar refractivity (Wildman–Crippen MR) is 61.5 cm³/mol. The molecular formula is C13H13FNO3. The molecule has 1 atom stereocenters. The summed E-state index contributed by atoms with van der Waals surface area (Å²) in [6, 6.07) is 6.27. The SMILES string of the molecule is O=C(O)[C@@H]1CCCN(C(=O)c2cc[c]c(F)c2)C1. The van der Waals surface area contributed by atoms with Crippen LogP contribution in [0.5, 0.6) is 0 Å². The van der Waals surface area contributed by atoms with Crippen LogP contribution in [0.1, 0.15) is 23.2 Å². The van der Waals surface area contributed by atoms with Crippen molar-refractivity contribution in [1.29, 1.82) is 0 Å². The first kappa shape index (κ1) is 12.5. The average Bonchev–Trinajstić information content (AvgIpc) is 2.38. The van der Waals surface area contributed by atoms with Crippen molar-refractivity contribution in [1.82, 2.24) is 4.90 Å². The number of benzene rings is 1. The Balaban J connectivity index is 2.11. The van der Waals surface area contributed by atoms with E-state index in [4.69, 9.17) is 5.11 Å². The Kier molecular flexibility index (Phi) is 3.60. The summed E-state index contributed by atoms with van der Waals surface area (Å²) < 4.78 is 13.0. The standard InChI is InChI=1S/C13H13FNO3/c14-11-5-1-3-9(7-11)12(16)15-6-2-4-10(8-15)13(17)18/h1,3,7,10H,2,4,6,8H2,(H,17,18)/t10-/m1/s1. The van der Waals surface area contributed by atoms with Crippen LogP contribution in [-0.4, -0.2) is 35.0 Å². The van der Waals surface area contributed by atoms with Gasteiger partial charge in [0.1, 0.15) is 5.82 Å². The van der Waals surface area contributed by atoms with Crippen LogP contribution < -0.4 is 0 Å². The number of carbonyl (C=O) groups excluding carboxylic acids is 1. The number of likely N-dealkylation sites (tertiary alicyclic amines) is 1. The molecule has 2 rings (SSSR count). The minimum atomic E-state index is -0.889. The smallest absolute Gasteiger partial charge is 0.308 e. The molecule has 1 radical (unpaired) electrons. The summed E-state index contributed by atoms with van der Waals surface area (Å²) in [4.78, 5) is 24.5. The fraction of sp³-hybridized carbons (Fsp3) is 0.385. The largest absolute Gasteiger partial charge is 0.481 e. The molecule has 0 saturated carbocycles. The molecule has 0 spiro atoms. The van der Waals surface area contributed by atoms with Crippen molar-refractivity contribution in [3.05, 3.63) is 35.6 Å². The third kappa shape index (κ3) is 2.67. The fourth-order valence-corrected chi connectivity index (χ4v) is 2.12. The third-order valence-corrected chi connectivity index (χ3v) is 3.07. The molecule has 95 valence electrons. The molecule has 1 heterocycles. The molecular weight excluding hydrogens is 237 g/mol. The van der Waals surface area contributed by atoms with Crippen LogP contribution >= 0.6 is 0 Å². The van der Waals surface area contributed by atoms with Gasteiger partial charge >= 0.3 is 5.97 Å². The molecule has 0 aromatic heterocycles. The minimum Gasteiger partial charge on any atom is -0.481 e. The lowest BCUT2D eigenvalue weighted by atomic mass is 9.97. The highest BCUT2D eigenvalue weighted by molar-refractivity contribution is 5.94. The van der Waals surface area contributed by atoms with Gasteiger partial charge in [-0.15, -0.1) is 0 Å². The third-order valence-electron chi connectivity index (χ3n) is 3.07. The molecule has 0 aliphatic carbocycles. The number of carbonyl (C=O) groups is 2. The highest BCUT2D eigenvalue weighted by atomic mass is 19.1. The summed E-state index contributed by atoms with van der Waals surface area (Å²) in [5.41, 5.74) is 0.234. The number of carboxylic acid groups (broad SMARTS) is 1. The predicted octanol–water partition coefficient (Wildman–Crippen LogP) is 1.56. The van der Waals surface area contributed by atoms with Gasteiger partial charge < -0.3 is 10.0 Å². The Morgan fingerprint density at radius 3 is 2.94 bits per heavy atom. The number of hydrogen-bond donors (Lipinski definition) is 1. The Labute approximate surface area is 104 Å². The van der Waals surface area contributed by atoms with Crippen molar-refractivity contribution in [3.63, 3.8) is 0 Å². The monoisotopic (exact) mass is 250 g/mol. The first-order valence-electron chi connectivity index (χ1n) is 5.77. The quantitative estimate of drug-likeness (QED) is 0.866. The Hall–Kier alpha value is -1.91. The number of amides is 1. The summed E-state index contributed by atoms with van der Waals surface area (Å²) in [6.07, 6.45) is 1.24. The van der Waals surface area contributed by atoms with Crippen LogP contribution in [0, 0.1) is 17.8 Å². The second-order valence-electron chi connectivity index (χ2n) is 4.35. The zero-order chi connectivity index (χ0) is 13.1. The maximum atomic E-state index is 13.0. The van der Waals surface area contributed by atoms with Crippen molar-refractivity contribution in [3.8, 4) is 0 Å². The van der Waals surface area contributed by atoms with Gasteiger partial charge in [0.15, 0.2) is 0 Å². The van der Waals surface area contributed by atoms with Gasteiger partial charge in [0.05, 0.1) is 5.92 Å². The van der Waals surface area contributed by atoms with E-state index in [0.717, 1.165) is 6.07 Å². The second kappa shape index (κ2) is 5.16. The molecule has 1 fully saturated rings. The Morgan fingerprint density at radius 2 is 2.28 bits per heavy atom. The lowest BCUT2D eigenvalue weighted by Gasteiger charge is -2.30. The van der Waals surface area contributed by atoms with Gasteiger partial charge in [-0.3, -0.25) is 9.59 Å². The number of nitrogens with zero attached hydrogens (tertiary/aromatic N) is 1. The summed E-state index contributed by atoms with van der Waals surface area (Å²) in [7, 11) is 0. The summed E-state index contributed by atoms with van der Waals surface area (Å²) >= 11 is 0. The lowest BCUT2D eigenvalue weighted by Crippen LogP contribution is -2.42. The number of piperidine rings is 1. The molecule has 1 aliphatic heterocycles. The van der Waals surface area contributed by atoms with Crippen molar-refractivity contribution in [2.24, 2.45) is 5.92 Å². The summed E-state index contributed by atoms with van der Waals surface area (Å²) in [5, 5.41) is 8.95. The maximum Gasteiger partial charge on any atom is 0.308 e. The summed E-state index contributed by atoms with van der Waals surface area (Å²) in [5.74, 6) is -2.33. The molecule has 0 unspecified atom stereocenters. The van der Waals surface area contributed by atoms with Crippen LogP contribution in [0.25, 0.3) is 0 Å². The van der Waals surface area contributed by atoms with Gasteiger partial charge in [-0.25, -0.2) is 4.39 Å². The molecule has 1 aromatic rings. The van der Waals surface area contributed by atoms with Crippen LogP contribution in [0.15, 0.2) is 18.2 Å². The zero-order valence-electron chi connectivity index (χ0n) is 9.73. The molecule has 1 aliphatic rings. The van der Waals surface area contributed by atoms with Crippen LogP contribution in [-0.2, 0) is 4.79 Å². The number of carboxylic acids is 1. The summed E-state index contributed by atoms with van der Waals surface area (Å²) in [6.45, 7) is 0.706. The molecule has 18 heavy (non-hydrogen) atoms. The first-order valence-corrected chi connectivity index (χ1v) is 5.77. The fourth-order valence-electron chi connectivity index (χ4n) is 2.12. The van der Waals surface area contributed by atoms with Crippen LogP contribution in [0.4, 0.5) is 4.39 Å². The van der Waals surface area contributed by atoms with Gasteiger partial charge in [-0.05, 0) is 25.0 Å². The molecule has 1 saturated heterocycles. The van der Waals surface area contributed by atoms with Crippen molar-refractivity contribution < 1.29 is 19.1 Å². The zero-order valence-corrected chi connectivity index (χ0v) is 9.73. The topological polar surface area (TPSA) is 57.6 Å². The lowest BCUT2D eigenvalue weighted by molar-refractivity contribution is -0.143. The van der Waals surface area contributed by atoms with Gasteiger partial charge in [0.2, 0.25) is 0 Å². The van der Waals surface area contributed by atoms with E-state index in [-0.39, 0.29) is 18.0 Å². The van der Waals surface area contributed by atoms with E-state index in [1.54, 1.807) is 0 Å². The molecule has 1 amide bonds. The molecule has 5 heteroatoms. The molecule has 1 N–H and O–H groups in total. The molecule has 0 bridgehead atoms. The average molecular weight is 250 g/mol. The van der Waals surface area contributed by atoms with Crippen molar-refractivity contribution in [2.45, 2.75) is 12.8 Å². The highest BCUT2D eigenvalue weighted by Gasteiger charge is 2.28. The number of rotatable bonds is 2. The number of aliphatic carboxylic acids is 1. The maximum absolute atomic E-state index is 13.0. The molecule has 4 nitrogen and oxygen atoms in total. The van der Waals surface area contributed by atoms with Crippen molar-refractivity contribution >= 4 is 11.9 Å². The molecule has 1 aromatic carbocycles. The van der Waals surface area contributed by atoms with Gasteiger partial charge in [-0.2, -0.15) is 0 Å². The Bertz CT molecular complexity index is 475. The van der Waals surface area contributed by atoms with Crippen LogP contribution in [0.2, 0.25) is 0 Å². The van der Waals surface area contributed by atoms with Gasteiger partial charge in [0.25, 0.3) is 5.91 Å². The van der Waals surface area contributed by atoms with E-state index in [1.807, 2.05) is 0 Å². The highest BCUT2D eigenvalue weighted by Crippen LogP contribution is 2.19. The second-order valence-corrected chi connectivity index (χ2v) is 4.35. The van der Waals surface area contributed by atoms with E-state index in [0.29, 0.717) is 19.4 Å². The number of hydrogen-bond acceptors (Lipinski definition) is 2. The number of halogens is 1. The normalized spacial score (nSPS) is 19.6.